The van der Waals surface area contributed by atoms with Crippen LogP contribution >= 0.6 is 0 Å². The van der Waals surface area contributed by atoms with Crippen LogP contribution in [0.3, 0.4) is 0 Å². The largest absolute Gasteiger partial charge is 0.472 e. The van der Waals surface area contributed by atoms with Gasteiger partial charge in [0.05, 0.1) is 32.5 Å². The van der Waals surface area contributed by atoms with Crippen molar-refractivity contribution in [1.29, 1.82) is 0 Å². The number of likely N-dealkylation sites (tertiary alicyclic amines) is 1. The van der Waals surface area contributed by atoms with Crippen molar-refractivity contribution in [1.82, 2.24) is 19.6 Å². The fraction of sp³-hybridized carbons (Fsp3) is 0.509. The summed E-state index contributed by atoms with van der Waals surface area (Å²) in [4.78, 5) is 37.6. The Bertz CT molecular complexity index is 2870. The van der Waals surface area contributed by atoms with E-state index < -0.39 is 42.9 Å². The maximum Gasteiger partial charge on any atom is 0.293 e. The number of H-pyrrole nitrogens is 1. The van der Waals surface area contributed by atoms with Crippen LogP contribution in [0.5, 0.6) is 17.4 Å². The second kappa shape index (κ2) is 20.4. The topological polar surface area (TPSA) is 201 Å². The molecule has 0 bridgehead atoms. The first-order valence-corrected chi connectivity index (χ1v) is 26.4. The quantitative estimate of drug-likeness (QED) is 0.0507. The minimum atomic E-state index is -4.69. The van der Waals surface area contributed by atoms with Gasteiger partial charge in [-0.25, -0.2) is 17.5 Å². The molecule has 1 amide bonds. The first-order valence-electron chi connectivity index (χ1n) is 25.0. The fourth-order valence-corrected chi connectivity index (χ4v) is 12.2. The molecule has 16 nitrogen and oxygen atoms in total. The number of aliphatic hydroxyl groups is 1. The van der Waals surface area contributed by atoms with Gasteiger partial charge in [0.1, 0.15) is 29.5 Å². The number of pyridine rings is 1. The molecule has 4 fully saturated rings. The Morgan fingerprint density at radius 1 is 1.00 bits per heavy atom. The van der Waals surface area contributed by atoms with Crippen molar-refractivity contribution in [2.75, 3.05) is 56.7 Å². The summed E-state index contributed by atoms with van der Waals surface area (Å²) in [7, 11) is -3.15. The van der Waals surface area contributed by atoms with E-state index in [-0.39, 0.29) is 63.7 Å². The number of hydrogen-bond acceptors (Lipinski definition) is 13. The molecule has 0 radical (unpaired) electrons. The van der Waals surface area contributed by atoms with Crippen molar-refractivity contribution < 1.29 is 41.8 Å². The number of ether oxygens (including phenoxy) is 3. The van der Waals surface area contributed by atoms with Crippen LogP contribution in [0.4, 0.5) is 21.5 Å². The van der Waals surface area contributed by atoms with Gasteiger partial charge in [-0.1, -0.05) is 44.5 Å². The van der Waals surface area contributed by atoms with E-state index in [4.69, 9.17) is 14.2 Å². The third kappa shape index (κ3) is 10.9. The number of anilines is 2. The van der Waals surface area contributed by atoms with Gasteiger partial charge < -0.3 is 34.5 Å². The Hall–Kier alpha value is -5.82. The monoisotopic (exact) mass is 995 g/mol. The molecule has 2 aliphatic carbocycles. The predicted octanol–water partition coefficient (Wildman–Crippen LogP) is 9.65. The minimum Gasteiger partial charge on any atom is -0.472 e. The van der Waals surface area contributed by atoms with Crippen LogP contribution in [0.2, 0.25) is 0 Å². The maximum absolute atomic E-state index is 15.1. The zero-order valence-electron chi connectivity index (χ0n) is 41.2. The van der Waals surface area contributed by atoms with E-state index in [0.29, 0.717) is 37.3 Å². The average Bonchev–Trinajstić information content (AvgIpc) is 3.97. The highest BCUT2D eigenvalue weighted by Gasteiger charge is 2.49. The molecule has 71 heavy (non-hydrogen) atoms. The number of aromatic nitrogens is 2. The molecule has 9 rings (SSSR count). The molecule has 2 aromatic heterocycles. The Kier molecular flexibility index (Phi) is 14.4. The Morgan fingerprint density at radius 3 is 2.46 bits per heavy atom. The Morgan fingerprint density at radius 2 is 1.75 bits per heavy atom. The predicted molar refractivity (Wildman–Crippen MR) is 270 cm³/mol. The molecule has 4 heterocycles. The summed E-state index contributed by atoms with van der Waals surface area (Å²) in [5.74, 6) is -0.564. The van der Waals surface area contributed by atoms with Crippen LogP contribution in [0.15, 0.2) is 77.8 Å². The van der Waals surface area contributed by atoms with Gasteiger partial charge in [-0.2, -0.15) is 4.98 Å². The second-order valence-electron chi connectivity index (χ2n) is 20.9. The molecule has 3 atom stereocenters. The number of fused-ring (bicyclic) bond motifs is 1. The van der Waals surface area contributed by atoms with Crippen molar-refractivity contribution in [2.24, 2.45) is 11.3 Å². The molecule has 1 spiro atoms. The first kappa shape index (κ1) is 50.1. The van der Waals surface area contributed by atoms with Gasteiger partial charge in [-0.3, -0.25) is 19.8 Å². The van der Waals surface area contributed by atoms with E-state index in [9.17, 15) is 28.4 Å². The summed E-state index contributed by atoms with van der Waals surface area (Å²) in [6.07, 6.45) is 9.09. The lowest BCUT2D eigenvalue weighted by Crippen LogP contribution is -2.63. The number of carbonyl (C=O) groups excluding carboxylic acids is 1. The Labute approximate surface area is 414 Å². The van der Waals surface area contributed by atoms with E-state index >= 15 is 4.39 Å². The number of benzene rings is 3. The smallest absolute Gasteiger partial charge is 0.293 e. The minimum absolute atomic E-state index is 0.0179. The number of rotatable bonds is 17. The first-order chi connectivity index (χ1) is 33.9. The molecule has 380 valence electrons. The van der Waals surface area contributed by atoms with E-state index in [1.807, 2.05) is 0 Å². The van der Waals surface area contributed by atoms with Gasteiger partial charge in [0.2, 0.25) is 0 Å². The van der Waals surface area contributed by atoms with Crippen LogP contribution in [-0.4, -0.2) is 103 Å². The number of piperidine rings is 1. The lowest BCUT2D eigenvalue weighted by Gasteiger charge is -2.57. The molecule has 5 aromatic rings. The third-order valence-corrected chi connectivity index (χ3v) is 16.9. The molecule has 3 aromatic carbocycles. The number of carbonyl (C=O) groups is 1. The number of nitro benzene ring substituents is 1. The molecule has 4 aliphatic rings. The van der Waals surface area contributed by atoms with Crippen molar-refractivity contribution in [2.45, 2.75) is 120 Å². The van der Waals surface area contributed by atoms with Crippen molar-refractivity contribution >= 4 is 44.0 Å². The number of halogens is 1. The summed E-state index contributed by atoms with van der Waals surface area (Å²) >= 11 is 0. The summed E-state index contributed by atoms with van der Waals surface area (Å²) in [6, 6.07) is 19.2. The lowest BCUT2D eigenvalue weighted by molar-refractivity contribution is -0.384. The maximum atomic E-state index is 15.1. The standard InChI is InChI=1S/C53H66FN7O9S/c1-33(2)38-9-6-7-10-39(38)40-11-8-12-45(40)60-31-53(32-60)21-23-59(24-22-53)36-13-15-41(47(25-36)70-48-27-42-43(54)29-56-49(42)57-51(48)69-30-34(3)68-5)50(62)58-71(66,67)37-14-16-44(46(26-37)61(64)65)55-28-35-17-19-52(4,63)20-18-35/h6-7,9-10,13-16,25-27,29,33-35,40,45,55,63H,8,11-12,17-24,28,30-32H2,1-5H3,(H,56,57)(H,58,62)/t34-,35?,40+,45?,52?/m0/s1. The van der Waals surface area contributed by atoms with E-state index in [2.05, 4.69) is 67.9 Å². The number of nitrogens with zero attached hydrogens (tertiary/aromatic N) is 4. The van der Waals surface area contributed by atoms with Crippen LogP contribution in [0.25, 0.3) is 11.0 Å². The summed E-state index contributed by atoms with van der Waals surface area (Å²) in [6.45, 7) is 12.2. The van der Waals surface area contributed by atoms with Crippen molar-refractivity contribution in [3.05, 3.63) is 106 Å². The van der Waals surface area contributed by atoms with Gasteiger partial charge in [-0.05, 0) is 124 Å². The average molecular weight is 996 g/mol. The number of amides is 1. The number of aromatic amines is 1. The third-order valence-electron chi connectivity index (χ3n) is 15.5. The van der Waals surface area contributed by atoms with E-state index in [1.54, 1.807) is 26.0 Å². The second-order valence-corrected chi connectivity index (χ2v) is 22.6. The number of methoxy groups -OCH3 is 1. The molecule has 1 unspecified atom stereocenters. The number of hydrogen-bond donors (Lipinski definition) is 4. The molecular weight excluding hydrogens is 930 g/mol. The zero-order chi connectivity index (χ0) is 50.2. The van der Waals surface area contributed by atoms with Crippen LogP contribution < -0.4 is 24.4 Å². The van der Waals surface area contributed by atoms with Crippen molar-refractivity contribution in [3.8, 4) is 17.4 Å². The van der Waals surface area contributed by atoms with Crippen LogP contribution in [0.1, 0.15) is 119 Å². The van der Waals surface area contributed by atoms with Gasteiger partial charge in [0.15, 0.2) is 5.75 Å². The molecule has 18 heteroatoms. The van der Waals surface area contributed by atoms with Crippen LogP contribution in [-0.2, 0) is 14.8 Å². The molecule has 2 saturated carbocycles. The van der Waals surface area contributed by atoms with Gasteiger partial charge in [0.25, 0.3) is 27.5 Å². The van der Waals surface area contributed by atoms with Gasteiger partial charge in [0, 0.05) is 76.0 Å². The molecular formula is C53H66FN7O9S. The number of nitro groups is 1. The highest BCUT2D eigenvalue weighted by atomic mass is 32.2. The fourth-order valence-electron chi connectivity index (χ4n) is 11.2. The van der Waals surface area contributed by atoms with Gasteiger partial charge >= 0.3 is 0 Å². The zero-order valence-corrected chi connectivity index (χ0v) is 42.0. The van der Waals surface area contributed by atoms with Crippen molar-refractivity contribution in [3.63, 3.8) is 0 Å². The number of nitrogens with one attached hydrogen (secondary N) is 3. The SMILES string of the molecule is CO[C@@H](C)COc1nc2[nH]cc(F)c2cc1Oc1cc(N2CCC3(CC2)CN(C2CCC[C@@H]2c2ccccc2C(C)C)C3)ccc1C(=O)NS(=O)(=O)c1ccc(NCC2CCC(C)(O)CC2)c([N+](=O)[O-])c1. The molecule has 4 N–H and O–H groups in total. The summed E-state index contributed by atoms with van der Waals surface area (Å²) in [5, 5.41) is 25.8. The normalized spacial score (nSPS) is 22.9. The van der Waals surface area contributed by atoms with Crippen LogP contribution in [0, 0.1) is 27.3 Å². The Balaban J connectivity index is 0.951. The molecule has 2 saturated heterocycles. The highest BCUT2D eigenvalue weighted by molar-refractivity contribution is 7.90. The highest BCUT2D eigenvalue weighted by Crippen LogP contribution is 2.49. The summed E-state index contributed by atoms with van der Waals surface area (Å²) in [5.41, 5.74) is 2.84. The number of sulfonamides is 1. The summed E-state index contributed by atoms with van der Waals surface area (Å²) < 4.78 is 62.9. The van der Waals surface area contributed by atoms with E-state index in [1.165, 1.54) is 61.8 Å². The molecule has 2 aliphatic heterocycles. The lowest BCUT2D eigenvalue weighted by atomic mass is 9.70. The van der Waals surface area contributed by atoms with Gasteiger partial charge in [-0.15, -0.1) is 0 Å². The van der Waals surface area contributed by atoms with E-state index in [0.717, 1.165) is 69.8 Å².